The molecule has 3 saturated heterocycles. The summed E-state index contributed by atoms with van der Waals surface area (Å²) in [5, 5.41) is 5.98. The largest absolute Gasteiger partial charge is 0.376 e. The van der Waals surface area contributed by atoms with Crippen LogP contribution < -0.4 is 10.6 Å². The molecule has 0 aliphatic carbocycles. The molecule has 0 aromatic heterocycles. The number of hydrogen-bond donors (Lipinski definition) is 2. The second-order valence-electron chi connectivity index (χ2n) is 11.1. The molecular formula is C26H33N3O5. The van der Waals surface area contributed by atoms with Gasteiger partial charge in [0.25, 0.3) is 0 Å². The highest BCUT2D eigenvalue weighted by molar-refractivity contribution is 6.03. The number of hydrogen-bond acceptors (Lipinski definition) is 5. The van der Waals surface area contributed by atoms with Gasteiger partial charge in [-0.3, -0.25) is 14.4 Å². The van der Waals surface area contributed by atoms with Gasteiger partial charge in [0.2, 0.25) is 17.7 Å². The Kier molecular flexibility index (Phi) is 5.37. The number of nitrogens with one attached hydrogen (secondary N) is 2. The minimum Gasteiger partial charge on any atom is -0.376 e. The molecule has 0 saturated carbocycles. The van der Waals surface area contributed by atoms with Gasteiger partial charge in [-0.2, -0.15) is 0 Å². The molecule has 0 radical (unpaired) electrons. The molecule has 5 rings (SSSR count). The van der Waals surface area contributed by atoms with Crippen molar-refractivity contribution in [1.29, 1.82) is 0 Å². The Morgan fingerprint density at radius 1 is 1.15 bits per heavy atom. The molecule has 182 valence electrons. The van der Waals surface area contributed by atoms with E-state index in [-0.39, 0.29) is 23.8 Å². The lowest BCUT2D eigenvalue weighted by molar-refractivity contribution is -0.146. The van der Waals surface area contributed by atoms with Crippen LogP contribution in [-0.2, 0) is 23.9 Å². The minimum absolute atomic E-state index is 0.127. The SMILES string of the molecule is CC(C)(C)NC(=O)[C@@H]1N(C[C@@H]2CCCO2)C(=O)[C@@H]2[C@@H](C(=O)Nc3ccccc3)[C@@]3(C)C=C[C@]21O3. The van der Waals surface area contributed by atoms with Crippen molar-refractivity contribution < 1.29 is 23.9 Å². The molecule has 4 aliphatic rings. The van der Waals surface area contributed by atoms with Crippen LogP contribution in [-0.4, -0.2) is 64.7 Å². The molecule has 34 heavy (non-hydrogen) atoms. The van der Waals surface area contributed by atoms with Crippen molar-refractivity contribution in [3.63, 3.8) is 0 Å². The van der Waals surface area contributed by atoms with E-state index >= 15 is 0 Å². The Hall–Kier alpha value is -2.71. The van der Waals surface area contributed by atoms with Crippen LogP contribution in [0.3, 0.4) is 0 Å². The highest BCUT2D eigenvalue weighted by atomic mass is 16.5. The van der Waals surface area contributed by atoms with Crippen molar-refractivity contribution in [2.75, 3.05) is 18.5 Å². The number of likely N-dealkylation sites (tertiary alicyclic amines) is 1. The number of amides is 3. The molecule has 3 amide bonds. The second kappa shape index (κ2) is 7.92. The van der Waals surface area contributed by atoms with E-state index in [0.29, 0.717) is 18.8 Å². The van der Waals surface area contributed by atoms with Gasteiger partial charge in [-0.25, -0.2) is 0 Å². The number of rotatable bonds is 5. The topological polar surface area (TPSA) is 97.0 Å². The molecule has 0 unspecified atom stereocenters. The van der Waals surface area contributed by atoms with Crippen molar-refractivity contribution in [2.24, 2.45) is 11.8 Å². The molecule has 8 nitrogen and oxygen atoms in total. The standard InChI is InChI=1S/C26H33N3O5/c1-24(2,3)28-22(31)20-26-13-12-25(4,34-26)18(21(30)27-16-9-6-5-7-10-16)19(26)23(32)29(20)15-17-11-8-14-33-17/h5-7,9-10,12-13,17-20H,8,11,14-15H2,1-4H3,(H,27,30)(H,28,31)/t17-,18-,19-,20-,25+,26-/m0/s1. The van der Waals surface area contributed by atoms with Gasteiger partial charge >= 0.3 is 0 Å². The summed E-state index contributed by atoms with van der Waals surface area (Å²) < 4.78 is 12.3. The van der Waals surface area contributed by atoms with E-state index in [9.17, 15) is 14.4 Å². The van der Waals surface area contributed by atoms with E-state index in [4.69, 9.17) is 9.47 Å². The summed E-state index contributed by atoms with van der Waals surface area (Å²) >= 11 is 0. The van der Waals surface area contributed by atoms with Gasteiger partial charge in [-0.1, -0.05) is 30.4 Å². The van der Waals surface area contributed by atoms with Gasteiger partial charge in [0.1, 0.15) is 11.6 Å². The molecule has 4 aliphatic heterocycles. The Bertz CT molecular complexity index is 1030. The van der Waals surface area contributed by atoms with E-state index < -0.39 is 34.6 Å². The zero-order valence-electron chi connectivity index (χ0n) is 20.2. The second-order valence-corrected chi connectivity index (χ2v) is 11.1. The summed E-state index contributed by atoms with van der Waals surface area (Å²) in [4.78, 5) is 42.7. The van der Waals surface area contributed by atoms with Crippen molar-refractivity contribution in [3.05, 3.63) is 42.5 Å². The fourth-order valence-electron chi connectivity index (χ4n) is 6.01. The number of carbonyl (C=O) groups is 3. The number of carbonyl (C=O) groups excluding carboxylic acids is 3. The van der Waals surface area contributed by atoms with Gasteiger partial charge in [0.05, 0.1) is 23.5 Å². The normalized spacial score (nSPS) is 36.1. The summed E-state index contributed by atoms with van der Waals surface area (Å²) in [5.74, 6) is -2.34. The van der Waals surface area contributed by atoms with Crippen molar-refractivity contribution in [3.8, 4) is 0 Å². The highest BCUT2D eigenvalue weighted by Gasteiger charge is 2.76. The summed E-state index contributed by atoms with van der Waals surface area (Å²) in [6, 6.07) is 8.29. The molecule has 1 aromatic carbocycles. The van der Waals surface area contributed by atoms with Crippen LogP contribution >= 0.6 is 0 Å². The molecule has 6 atom stereocenters. The third-order valence-electron chi connectivity index (χ3n) is 7.29. The minimum atomic E-state index is -1.20. The lowest BCUT2D eigenvalue weighted by Crippen LogP contribution is -2.58. The predicted octanol–water partition coefficient (Wildman–Crippen LogP) is 2.26. The average molecular weight is 468 g/mol. The van der Waals surface area contributed by atoms with Crippen LogP contribution in [0.1, 0.15) is 40.5 Å². The molecule has 4 heterocycles. The predicted molar refractivity (Wildman–Crippen MR) is 126 cm³/mol. The first-order valence-electron chi connectivity index (χ1n) is 12.0. The molecule has 3 fully saturated rings. The lowest BCUT2D eigenvalue weighted by atomic mass is 9.70. The highest BCUT2D eigenvalue weighted by Crippen LogP contribution is 2.60. The van der Waals surface area contributed by atoms with E-state index in [2.05, 4.69) is 10.6 Å². The van der Waals surface area contributed by atoms with Crippen molar-refractivity contribution >= 4 is 23.4 Å². The summed E-state index contributed by atoms with van der Waals surface area (Å²) in [6.07, 6.45) is 5.32. The molecule has 8 heteroatoms. The van der Waals surface area contributed by atoms with E-state index in [1.807, 2.05) is 58.0 Å². The van der Waals surface area contributed by atoms with Crippen LogP contribution in [0.15, 0.2) is 42.5 Å². The third-order valence-corrected chi connectivity index (χ3v) is 7.29. The quantitative estimate of drug-likeness (QED) is 0.648. The Balaban J connectivity index is 1.51. The number of benzene rings is 1. The van der Waals surface area contributed by atoms with E-state index in [1.54, 1.807) is 17.0 Å². The number of para-hydroxylation sites is 1. The van der Waals surface area contributed by atoms with Gasteiger partial charge in [0, 0.05) is 24.4 Å². The van der Waals surface area contributed by atoms with Crippen LogP contribution in [0.25, 0.3) is 0 Å². The first kappa shape index (κ1) is 23.1. The fraction of sp³-hybridized carbons (Fsp3) is 0.577. The summed E-state index contributed by atoms with van der Waals surface area (Å²) in [6.45, 7) is 8.49. The summed E-state index contributed by atoms with van der Waals surface area (Å²) in [5.41, 5.74) is -2.01. The van der Waals surface area contributed by atoms with Gasteiger partial charge in [0.15, 0.2) is 0 Å². The molecular weight excluding hydrogens is 434 g/mol. The van der Waals surface area contributed by atoms with Crippen molar-refractivity contribution in [1.82, 2.24) is 10.2 Å². The first-order valence-corrected chi connectivity index (χ1v) is 12.0. The zero-order chi connectivity index (χ0) is 24.3. The lowest BCUT2D eigenvalue weighted by Gasteiger charge is -2.35. The van der Waals surface area contributed by atoms with Crippen LogP contribution in [0.2, 0.25) is 0 Å². The number of fused-ring (bicyclic) bond motifs is 1. The molecule has 2 N–H and O–H groups in total. The van der Waals surface area contributed by atoms with Crippen LogP contribution in [0.5, 0.6) is 0 Å². The monoisotopic (exact) mass is 467 g/mol. The van der Waals surface area contributed by atoms with Crippen LogP contribution in [0, 0.1) is 11.8 Å². The van der Waals surface area contributed by atoms with E-state index in [0.717, 1.165) is 12.8 Å². The Morgan fingerprint density at radius 3 is 2.53 bits per heavy atom. The molecule has 1 aromatic rings. The maximum Gasteiger partial charge on any atom is 0.246 e. The summed E-state index contributed by atoms with van der Waals surface area (Å²) in [7, 11) is 0. The van der Waals surface area contributed by atoms with Gasteiger partial charge in [-0.15, -0.1) is 0 Å². The smallest absolute Gasteiger partial charge is 0.246 e. The average Bonchev–Trinajstić information content (AvgIpc) is 3.48. The fourth-order valence-corrected chi connectivity index (χ4v) is 6.01. The maximum atomic E-state index is 13.9. The number of nitrogens with zero attached hydrogens (tertiary/aromatic N) is 1. The van der Waals surface area contributed by atoms with Gasteiger partial charge < -0.3 is 25.0 Å². The third kappa shape index (κ3) is 3.64. The molecule has 1 spiro atoms. The first-order chi connectivity index (χ1) is 16.0. The zero-order valence-corrected chi connectivity index (χ0v) is 20.2. The number of anilines is 1. The van der Waals surface area contributed by atoms with E-state index in [1.165, 1.54) is 0 Å². The maximum absolute atomic E-state index is 13.9. The van der Waals surface area contributed by atoms with Crippen LogP contribution in [0.4, 0.5) is 5.69 Å². The van der Waals surface area contributed by atoms with Crippen molar-refractivity contribution in [2.45, 2.75) is 69.4 Å². The van der Waals surface area contributed by atoms with Gasteiger partial charge in [-0.05, 0) is 52.7 Å². The molecule has 2 bridgehead atoms. The Morgan fingerprint density at radius 2 is 1.88 bits per heavy atom. The number of ether oxygens (including phenoxy) is 2. The Labute approximate surface area is 200 Å².